The highest BCUT2D eigenvalue weighted by molar-refractivity contribution is 5.79. The van der Waals surface area contributed by atoms with Crippen LogP contribution in [0.1, 0.15) is 88.2 Å². The van der Waals surface area contributed by atoms with Gasteiger partial charge in [-0.2, -0.15) is 0 Å². The maximum absolute atomic E-state index is 12.4. The van der Waals surface area contributed by atoms with Crippen molar-refractivity contribution in [3.05, 3.63) is 0 Å². The van der Waals surface area contributed by atoms with Gasteiger partial charge >= 0.3 is 0 Å². The molecule has 4 fully saturated rings. The Balaban J connectivity index is 1.68. The van der Waals surface area contributed by atoms with E-state index < -0.39 is 17.4 Å². The molecule has 0 amide bonds. The van der Waals surface area contributed by atoms with E-state index in [2.05, 4.69) is 13.8 Å². The highest BCUT2D eigenvalue weighted by atomic mass is 16.3. The highest BCUT2D eigenvalue weighted by Crippen LogP contribution is 2.68. The molecule has 4 saturated carbocycles. The summed E-state index contributed by atoms with van der Waals surface area (Å²) in [4.78, 5) is 12.4. The van der Waals surface area contributed by atoms with Crippen LogP contribution in [-0.2, 0) is 4.79 Å². The van der Waals surface area contributed by atoms with Crippen LogP contribution in [0.4, 0.5) is 0 Å². The van der Waals surface area contributed by atoms with Crippen LogP contribution in [0.25, 0.3) is 0 Å². The van der Waals surface area contributed by atoms with Crippen molar-refractivity contribution in [3.63, 3.8) is 0 Å². The molecule has 0 saturated heterocycles. The minimum Gasteiger partial charge on any atom is -0.390 e. The van der Waals surface area contributed by atoms with Crippen molar-refractivity contribution in [2.75, 3.05) is 0 Å². The largest absolute Gasteiger partial charge is 0.390 e. The molecule has 8 atom stereocenters. The van der Waals surface area contributed by atoms with Crippen molar-refractivity contribution < 1.29 is 12.6 Å². The van der Waals surface area contributed by atoms with E-state index in [-0.39, 0.29) is 16.6 Å². The highest BCUT2D eigenvalue weighted by Gasteiger charge is 2.61. The number of Topliss-reactive ketones (excluding diaryl/α,β-unsaturated/α-hetero) is 1. The van der Waals surface area contributed by atoms with Crippen LogP contribution in [0.3, 0.4) is 0 Å². The minimum absolute atomic E-state index is 0.0387. The lowest BCUT2D eigenvalue weighted by Crippen LogP contribution is -2.55. The molecule has 0 aromatic heterocycles. The number of rotatable bonds is 1. The summed E-state index contributed by atoms with van der Waals surface area (Å²) < 4.78 is 18.2. The molecular weight excluding hydrogens is 296 g/mol. The molecule has 0 unspecified atom stereocenters. The monoisotopic (exact) mass is 334 g/mol. The maximum Gasteiger partial charge on any atom is 0.133 e. The Labute approximate surface area is 150 Å². The van der Waals surface area contributed by atoms with Crippen molar-refractivity contribution in [2.45, 2.75) is 91.1 Å². The molecule has 0 spiro atoms. The molecule has 2 heteroatoms. The molecule has 1 N–H and O–H groups in total. The zero-order chi connectivity index (χ0) is 19.2. The Morgan fingerprint density at radius 2 is 1.67 bits per heavy atom. The average Bonchev–Trinajstić information content (AvgIpc) is 2.81. The van der Waals surface area contributed by atoms with Gasteiger partial charge in [0.15, 0.2) is 0 Å². The van der Waals surface area contributed by atoms with E-state index in [4.69, 9.17) is 1.37 Å². The van der Waals surface area contributed by atoms with Crippen LogP contribution in [-0.4, -0.2) is 16.5 Å². The van der Waals surface area contributed by atoms with Crippen LogP contribution < -0.4 is 0 Å². The van der Waals surface area contributed by atoms with Gasteiger partial charge in [-0.15, -0.1) is 0 Å². The first-order valence-corrected chi connectivity index (χ1v) is 10.1. The number of ketones is 1. The van der Waals surface area contributed by atoms with Crippen LogP contribution in [0.5, 0.6) is 0 Å². The lowest BCUT2D eigenvalue weighted by Gasteiger charge is -2.61. The van der Waals surface area contributed by atoms with Gasteiger partial charge in [-0.05, 0) is 106 Å². The topological polar surface area (TPSA) is 37.3 Å². The summed E-state index contributed by atoms with van der Waals surface area (Å²) in [7, 11) is 0. The van der Waals surface area contributed by atoms with Gasteiger partial charge in [0, 0.05) is 8.64 Å². The zero-order valence-corrected chi connectivity index (χ0v) is 16.0. The number of fused-ring (bicyclic) bond motifs is 5. The Kier molecular flexibility index (Phi) is 3.27. The summed E-state index contributed by atoms with van der Waals surface area (Å²) in [6, 6.07) is 0. The quantitative estimate of drug-likeness (QED) is 0.734. The van der Waals surface area contributed by atoms with Crippen molar-refractivity contribution in [1.82, 2.24) is 0 Å². The second kappa shape index (κ2) is 5.32. The van der Waals surface area contributed by atoms with E-state index in [1.165, 1.54) is 0 Å². The molecule has 0 aromatic carbocycles. The van der Waals surface area contributed by atoms with Gasteiger partial charge in [0.2, 0.25) is 0 Å². The molecule has 0 aromatic rings. The second-order valence-electron chi connectivity index (χ2n) is 10.1. The van der Waals surface area contributed by atoms with Gasteiger partial charge in [0.1, 0.15) is 5.78 Å². The number of hydrogen-bond donors (Lipinski definition) is 1. The van der Waals surface area contributed by atoms with E-state index in [0.717, 1.165) is 44.9 Å². The summed E-state index contributed by atoms with van der Waals surface area (Å²) in [5.41, 5.74) is -0.933. The molecule has 4 aliphatic rings. The van der Waals surface area contributed by atoms with E-state index >= 15 is 0 Å². The SMILES string of the molecule is [2H][C@]12CC[C@H]3[C@@H]4CC[C@]([2H])(C(C)=O)[C@@]4(C)CC[C@@H]3[C@@]1(C)CC[C@](C)(O)C2. The average molecular weight is 335 g/mol. The van der Waals surface area contributed by atoms with Gasteiger partial charge in [-0.3, -0.25) is 4.79 Å². The minimum atomic E-state index is -0.907. The fraction of sp³-hybridized carbons (Fsp3) is 0.955. The molecule has 4 aliphatic carbocycles. The zero-order valence-electron chi connectivity index (χ0n) is 18.0. The molecule has 4 rings (SSSR count). The first-order chi connectivity index (χ1) is 11.9. The predicted molar refractivity (Wildman–Crippen MR) is 96.5 cm³/mol. The van der Waals surface area contributed by atoms with Gasteiger partial charge in [0.05, 0.1) is 5.60 Å². The van der Waals surface area contributed by atoms with Crippen LogP contribution in [0.2, 0.25) is 0 Å². The lowest BCUT2D eigenvalue weighted by molar-refractivity contribution is -0.150. The van der Waals surface area contributed by atoms with E-state index in [1.54, 1.807) is 6.92 Å². The number of aliphatic hydroxyl groups is 1. The summed E-state index contributed by atoms with van der Waals surface area (Å²) in [6.45, 7) is 8.06. The Morgan fingerprint density at radius 3 is 2.38 bits per heavy atom. The summed E-state index contributed by atoms with van der Waals surface area (Å²) >= 11 is 0. The third-order valence-corrected chi connectivity index (χ3v) is 8.83. The fourth-order valence-corrected chi connectivity index (χ4v) is 7.49. The van der Waals surface area contributed by atoms with Gasteiger partial charge in [-0.1, -0.05) is 13.8 Å². The number of hydrogen-bond acceptors (Lipinski definition) is 2. The Bertz CT molecular complexity index is 634. The Hall–Kier alpha value is -0.370. The van der Waals surface area contributed by atoms with E-state index in [1.807, 2.05) is 6.92 Å². The summed E-state index contributed by atoms with van der Waals surface area (Å²) in [5, 5.41) is 10.6. The van der Waals surface area contributed by atoms with Crippen molar-refractivity contribution in [2.24, 2.45) is 40.4 Å². The molecule has 2 nitrogen and oxygen atoms in total. The maximum atomic E-state index is 12.4. The second-order valence-corrected chi connectivity index (χ2v) is 10.1. The van der Waals surface area contributed by atoms with Crippen molar-refractivity contribution >= 4 is 5.78 Å². The molecular formula is C22H36O2. The molecule has 0 aliphatic heterocycles. The van der Waals surface area contributed by atoms with Crippen LogP contribution in [0.15, 0.2) is 0 Å². The summed E-state index contributed by atoms with van der Waals surface area (Å²) in [5.74, 6) is 0.123. The van der Waals surface area contributed by atoms with Crippen molar-refractivity contribution in [3.8, 4) is 0 Å². The summed E-state index contributed by atoms with van der Waals surface area (Å²) in [6.07, 6.45) is 7.93. The number of carbonyl (C=O) groups is 1. The first-order valence-electron chi connectivity index (χ1n) is 11.1. The molecule has 136 valence electrons. The molecule has 0 bridgehead atoms. The first kappa shape index (κ1) is 14.8. The van der Waals surface area contributed by atoms with E-state index in [9.17, 15) is 11.3 Å². The van der Waals surface area contributed by atoms with Crippen LogP contribution >= 0.6 is 0 Å². The smallest absolute Gasteiger partial charge is 0.133 e. The molecule has 0 radical (unpaired) electrons. The van der Waals surface area contributed by atoms with Gasteiger partial charge in [-0.25, -0.2) is 0 Å². The predicted octanol–water partition coefficient (Wildman–Crippen LogP) is 4.99. The molecule has 0 heterocycles. The standard InChI is InChI=1S/C22H36O2/c1-14(23)17-7-8-18-16-6-5-15-13-20(2,24)11-12-21(15,3)19(16)9-10-22(17,18)4/h15-19,24H,5-13H2,1-4H3/t15-,16+,17-,18+,19+,20+,21+,22-/m1/s1/i15D,17D. The third-order valence-electron chi connectivity index (χ3n) is 8.83. The number of carbonyl (C=O) groups excluding carboxylic acids is 1. The third kappa shape index (κ3) is 2.27. The molecule has 24 heavy (non-hydrogen) atoms. The van der Waals surface area contributed by atoms with E-state index in [0.29, 0.717) is 30.6 Å². The normalized spacial score (nSPS) is 64.3. The fourth-order valence-electron chi connectivity index (χ4n) is 7.49. The lowest BCUT2D eigenvalue weighted by atomic mass is 9.44. The van der Waals surface area contributed by atoms with Gasteiger partial charge < -0.3 is 5.11 Å². The van der Waals surface area contributed by atoms with Crippen molar-refractivity contribution in [1.29, 1.82) is 0 Å². The van der Waals surface area contributed by atoms with Crippen LogP contribution in [0, 0.1) is 40.4 Å². The van der Waals surface area contributed by atoms with Gasteiger partial charge in [0.25, 0.3) is 0 Å². The Morgan fingerprint density at radius 1 is 0.958 bits per heavy atom.